The topological polar surface area (TPSA) is 35.5 Å². The quantitative estimate of drug-likeness (QED) is 0.189. The van der Waals surface area contributed by atoms with E-state index in [9.17, 15) is 4.79 Å². The molecule has 0 aliphatic carbocycles. The monoisotopic (exact) mass is 394 g/mol. The van der Waals surface area contributed by atoms with Gasteiger partial charge in [-0.15, -0.1) is 11.8 Å². The van der Waals surface area contributed by atoms with Gasteiger partial charge in [0.1, 0.15) is 6.10 Å². The molecule has 146 valence electrons. The number of carbonyl (C=O) groups excluding carboxylic acids is 1. The first-order valence-electron chi connectivity index (χ1n) is 9.64. The normalized spacial score (nSPS) is 12.2. The Bertz CT molecular complexity index is 980. The number of hydrogen-bond acceptors (Lipinski definition) is 4. The molecule has 0 aliphatic heterocycles. The maximum absolute atomic E-state index is 11.5. The van der Waals surface area contributed by atoms with Crippen LogP contribution in [0.1, 0.15) is 25.8 Å². The van der Waals surface area contributed by atoms with E-state index in [2.05, 4.69) is 62.0 Å². The summed E-state index contributed by atoms with van der Waals surface area (Å²) in [6.07, 6.45) is 1.62. The number of ether oxygens (including phenoxy) is 2. The van der Waals surface area contributed by atoms with E-state index in [1.165, 1.54) is 38.1 Å². The van der Waals surface area contributed by atoms with Crippen molar-refractivity contribution in [3.05, 3.63) is 66.7 Å². The summed E-state index contributed by atoms with van der Waals surface area (Å²) in [5, 5.41) is 4.83. The second-order valence-electron chi connectivity index (χ2n) is 6.58. The summed E-state index contributed by atoms with van der Waals surface area (Å²) in [5.74, 6) is 0.630. The molecule has 1 atom stereocenters. The fourth-order valence-electron chi connectivity index (χ4n) is 3.28. The highest BCUT2D eigenvalue weighted by Crippen LogP contribution is 2.32. The molecule has 0 radical (unpaired) electrons. The number of fused-ring (bicyclic) bond motifs is 2. The Kier molecular flexibility index (Phi) is 7.12. The minimum Gasteiger partial charge on any atom is -0.457 e. The highest BCUT2D eigenvalue weighted by Gasteiger charge is 2.13. The van der Waals surface area contributed by atoms with Crippen molar-refractivity contribution < 1.29 is 14.3 Å². The predicted molar refractivity (Wildman–Crippen MR) is 118 cm³/mol. The maximum Gasteiger partial charge on any atom is 0.330 e. The molecule has 3 aromatic rings. The van der Waals surface area contributed by atoms with E-state index in [0.717, 1.165) is 5.75 Å². The number of carbonyl (C=O) groups is 1. The second kappa shape index (κ2) is 9.76. The highest BCUT2D eigenvalue weighted by molar-refractivity contribution is 7.99. The molecule has 0 spiro atoms. The third-order valence-electron chi connectivity index (χ3n) is 4.71. The molecule has 0 saturated carbocycles. The lowest BCUT2D eigenvalue weighted by Crippen LogP contribution is -2.21. The molecule has 1 unspecified atom stereocenters. The smallest absolute Gasteiger partial charge is 0.330 e. The van der Waals surface area contributed by atoms with Crippen LogP contribution in [0.25, 0.3) is 21.5 Å². The van der Waals surface area contributed by atoms with Gasteiger partial charge in [-0.3, -0.25) is 0 Å². The van der Waals surface area contributed by atoms with Crippen LogP contribution in [0.2, 0.25) is 0 Å². The molecule has 0 aromatic heterocycles. The van der Waals surface area contributed by atoms with Crippen molar-refractivity contribution in [2.24, 2.45) is 0 Å². The zero-order chi connectivity index (χ0) is 19.9. The molecule has 3 aromatic carbocycles. The molecule has 3 rings (SSSR count). The molecular weight excluding hydrogens is 368 g/mol. The summed E-state index contributed by atoms with van der Waals surface area (Å²) in [7, 11) is 0. The number of rotatable bonds is 9. The van der Waals surface area contributed by atoms with E-state index >= 15 is 0 Å². The molecule has 0 bridgehead atoms. The summed E-state index contributed by atoms with van der Waals surface area (Å²) in [6.45, 7) is 8.43. The largest absolute Gasteiger partial charge is 0.457 e. The van der Waals surface area contributed by atoms with Crippen LogP contribution in [0.4, 0.5) is 0 Å². The summed E-state index contributed by atoms with van der Waals surface area (Å²) < 4.78 is 11.3. The van der Waals surface area contributed by atoms with Crippen molar-refractivity contribution in [3.63, 3.8) is 0 Å². The van der Waals surface area contributed by atoms with Gasteiger partial charge in [0.05, 0.1) is 13.2 Å². The van der Waals surface area contributed by atoms with Gasteiger partial charge in [-0.2, -0.15) is 0 Å². The van der Waals surface area contributed by atoms with Crippen molar-refractivity contribution in [1.29, 1.82) is 0 Å². The van der Waals surface area contributed by atoms with Gasteiger partial charge < -0.3 is 9.47 Å². The first-order valence-corrected chi connectivity index (χ1v) is 10.6. The summed E-state index contributed by atoms with van der Waals surface area (Å²) in [5.41, 5.74) is 1.18. The van der Waals surface area contributed by atoms with Crippen LogP contribution in [0, 0.1) is 0 Å². The Morgan fingerprint density at radius 1 is 1.11 bits per heavy atom. The van der Waals surface area contributed by atoms with Gasteiger partial charge in [0.15, 0.2) is 0 Å². The van der Waals surface area contributed by atoms with Gasteiger partial charge in [-0.05, 0) is 57.5 Å². The van der Waals surface area contributed by atoms with Crippen LogP contribution in [0.15, 0.2) is 66.1 Å². The molecule has 0 aliphatic rings. The van der Waals surface area contributed by atoms with Gasteiger partial charge in [-0.1, -0.05) is 50.8 Å². The van der Waals surface area contributed by atoms with E-state index in [1.807, 2.05) is 18.7 Å². The molecule has 28 heavy (non-hydrogen) atoms. The Morgan fingerprint density at radius 3 is 2.64 bits per heavy atom. The molecule has 0 amide bonds. The van der Waals surface area contributed by atoms with Crippen LogP contribution < -0.4 is 0 Å². The van der Waals surface area contributed by atoms with E-state index < -0.39 is 5.97 Å². The summed E-state index contributed by atoms with van der Waals surface area (Å²) >= 11 is 1.84. The fraction of sp³-hybridized carbons (Fsp3) is 0.292. The van der Waals surface area contributed by atoms with Gasteiger partial charge in [0.25, 0.3) is 0 Å². The zero-order valence-corrected chi connectivity index (χ0v) is 17.3. The van der Waals surface area contributed by atoms with Crippen molar-refractivity contribution in [1.82, 2.24) is 0 Å². The maximum atomic E-state index is 11.5. The Morgan fingerprint density at radius 2 is 1.89 bits per heavy atom. The van der Waals surface area contributed by atoms with Gasteiger partial charge in [0, 0.05) is 11.0 Å². The molecule has 0 heterocycles. The first-order chi connectivity index (χ1) is 13.7. The summed E-state index contributed by atoms with van der Waals surface area (Å²) in [6, 6.07) is 17.2. The Hall–Kier alpha value is -2.30. The van der Waals surface area contributed by atoms with Gasteiger partial charge in [-0.25, -0.2) is 4.79 Å². The van der Waals surface area contributed by atoms with Gasteiger partial charge in [0.2, 0.25) is 0 Å². The first kappa shape index (κ1) is 20.4. The molecule has 0 N–H and O–H groups in total. The lowest BCUT2D eigenvalue weighted by Gasteiger charge is -2.17. The summed E-state index contributed by atoms with van der Waals surface area (Å²) in [4.78, 5) is 12.7. The van der Waals surface area contributed by atoms with Crippen LogP contribution >= 0.6 is 11.8 Å². The third-order valence-corrected chi connectivity index (χ3v) is 5.59. The number of esters is 1. The second-order valence-corrected chi connectivity index (χ2v) is 7.92. The Labute approximate surface area is 170 Å². The average Bonchev–Trinajstić information content (AvgIpc) is 2.72. The number of hydrogen-bond donors (Lipinski definition) is 0. The fourth-order valence-corrected chi connectivity index (χ4v) is 3.98. The highest BCUT2D eigenvalue weighted by atomic mass is 32.2. The van der Waals surface area contributed by atoms with E-state index in [0.29, 0.717) is 19.6 Å². The van der Waals surface area contributed by atoms with Crippen molar-refractivity contribution in [2.45, 2.75) is 37.9 Å². The van der Waals surface area contributed by atoms with E-state index in [1.54, 1.807) is 0 Å². The third kappa shape index (κ3) is 4.75. The minimum absolute atomic E-state index is 0.266. The lowest BCUT2D eigenvalue weighted by molar-refractivity contribution is -0.146. The number of benzene rings is 3. The van der Waals surface area contributed by atoms with E-state index in [-0.39, 0.29) is 6.10 Å². The average molecular weight is 395 g/mol. The Balaban J connectivity index is 1.91. The van der Waals surface area contributed by atoms with Gasteiger partial charge >= 0.3 is 5.97 Å². The number of thioether (sulfide) groups is 1. The molecule has 0 fully saturated rings. The SMILES string of the molecule is C=CC(=O)OC(CC)COCc1c2ccccc2cc2ccc(SCC)cc12. The molecule has 0 saturated heterocycles. The van der Waals surface area contributed by atoms with Crippen LogP contribution in [-0.2, 0) is 20.9 Å². The predicted octanol–water partition coefficient (Wildman–Crippen LogP) is 6.13. The molecule has 4 heteroatoms. The minimum atomic E-state index is -0.410. The zero-order valence-electron chi connectivity index (χ0n) is 16.4. The van der Waals surface area contributed by atoms with Crippen molar-refractivity contribution in [2.75, 3.05) is 12.4 Å². The van der Waals surface area contributed by atoms with E-state index in [4.69, 9.17) is 9.47 Å². The van der Waals surface area contributed by atoms with Crippen molar-refractivity contribution in [3.8, 4) is 0 Å². The standard InChI is InChI=1S/C24H26O3S/c1-4-19(27-24(25)5-2)15-26-16-23-21-10-8-7-9-17(21)13-18-11-12-20(28-6-3)14-22(18)23/h5,7-14,19H,2,4,6,15-16H2,1,3H3. The molecular formula is C24H26O3S. The van der Waals surface area contributed by atoms with Crippen LogP contribution in [0.5, 0.6) is 0 Å². The lowest BCUT2D eigenvalue weighted by atomic mass is 9.97. The molecule has 3 nitrogen and oxygen atoms in total. The van der Waals surface area contributed by atoms with Crippen molar-refractivity contribution >= 4 is 39.3 Å². The van der Waals surface area contributed by atoms with Crippen LogP contribution in [0.3, 0.4) is 0 Å². The van der Waals surface area contributed by atoms with Crippen LogP contribution in [-0.4, -0.2) is 24.4 Å².